The number of nitrogens with zero attached hydrogens (tertiary/aromatic N) is 2. The molecule has 3 rings (SSSR count). The van der Waals surface area contributed by atoms with Gasteiger partial charge in [-0.2, -0.15) is 16.7 Å². The molecular formula is C20H18Cl2N4O2S. The third-order valence-corrected chi connectivity index (χ3v) is 5.38. The summed E-state index contributed by atoms with van der Waals surface area (Å²) in [4.78, 5) is 18.7. The van der Waals surface area contributed by atoms with Crippen molar-refractivity contribution in [3.63, 3.8) is 0 Å². The average molecular weight is 449 g/mol. The number of carbonyl (C=O) groups is 1. The Balaban J connectivity index is 1.52. The molecule has 1 amide bonds. The van der Waals surface area contributed by atoms with Crippen LogP contribution in [0, 0.1) is 0 Å². The highest BCUT2D eigenvalue weighted by atomic mass is 35.5. The van der Waals surface area contributed by atoms with E-state index in [0.29, 0.717) is 16.5 Å². The smallest absolute Gasteiger partial charge is 0.409 e. The summed E-state index contributed by atoms with van der Waals surface area (Å²) in [7, 11) is 0. The molecule has 1 heterocycles. The van der Waals surface area contributed by atoms with Crippen LogP contribution in [0.2, 0.25) is 10.3 Å². The van der Waals surface area contributed by atoms with Gasteiger partial charge < -0.3 is 10.4 Å². The van der Waals surface area contributed by atoms with Gasteiger partial charge in [0.2, 0.25) is 5.28 Å². The molecule has 29 heavy (non-hydrogen) atoms. The van der Waals surface area contributed by atoms with Crippen LogP contribution in [-0.2, 0) is 12.2 Å². The minimum atomic E-state index is -1.06. The van der Waals surface area contributed by atoms with Crippen LogP contribution in [0.15, 0.2) is 54.7 Å². The van der Waals surface area contributed by atoms with Crippen LogP contribution < -0.4 is 10.6 Å². The van der Waals surface area contributed by atoms with Crippen molar-refractivity contribution in [1.82, 2.24) is 9.97 Å². The molecule has 0 atom stereocenters. The fourth-order valence-electron chi connectivity index (χ4n) is 2.62. The third kappa shape index (κ3) is 6.81. The SMILES string of the molecule is O=C(O)Nc1cccc(CCSCc2cccc(Nc3nc(Cl)ncc3Cl)c2)c1. The van der Waals surface area contributed by atoms with Crippen molar-refractivity contribution >= 4 is 58.2 Å². The molecule has 6 nitrogen and oxygen atoms in total. The Kier molecular flexibility index (Phi) is 7.57. The van der Waals surface area contributed by atoms with Crippen LogP contribution in [-0.4, -0.2) is 26.9 Å². The summed E-state index contributed by atoms with van der Waals surface area (Å²) >= 11 is 13.7. The zero-order chi connectivity index (χ0) is 20.6. The van der Waals surface area contributed by atoms with E-state index in [9.17, 15) is 4.79 Å². The highest BCUT2D eigenvalue weighted by Crippen LogP contribution is 2.25. The molecule has 9 heteroatoms. The van der Waals surface area contributed by atoms with Crippen LogP contribution in [0.25, 0.3) is 0 Å². The van der Waals surface area contributed by atoms with Gasteiger partial charge in [0.1, 0.15) is 5.02 Å². The van der Waals surface area contributed by atoms with Gasteiger partial charge in [-0.3, -0.25) is 5.32 Å². The second-order valence-electron chi connectivity index (χ2n) is 6.09. The molecule has 2 aromatic carbocycles. The Hall–Kier alpha value is -2.48. The summed E-state index contributed by atoms with van der Waals surface area (Å²) in [6, 6.07) is 15.4. The second-order valence-corrected chi connectivity index (χ2v) is 7.94. The van der Waals surface area contributed by atoms with Gasteiger partial charge in [0.05, 0.1) is 6.20 Å². The molecule has 0 unspecified atom stereocenters. The normalized spacial score (nSPS) is 10.6. The van der Waals surface area contributed by atoms with E-state index in [0.717, 1.165) is 34.7 Å². The van der Waals surface area contributed by atoms with Gasteiger partial charge in [0.25, 0.3) is 0 Å². The maximum atomic E-state index is 10.7. The average Bonchev–Trinajstić information content (AvgIpc) is 2.68. The van der Waals surface area contributed by atoms with Crippen LogP contribution in [0.4, 0.5) is 22.0 Å². The molecule has 0 saturated heterocycles. The van der Waals surface area contributed by atoms with Crippen molar-refractivity contribution in [1.29, 1.82) is 0 Å². The fraction of sp³-hybridized carbons (Fsp3) is 0.150. The number of halogens is 2. The lowest BCUT2D eigenvalue weighted by Gasteiger charge is -2.09. The largest absolute Gasteiger partial charge is 0.465 e. The number of nitrogens with one attached hydrogen (secondary N) is 2. The number of thioether (sulfide) groups is 1. The maximum absolute atomic E-state index is 10.7. The van der Waals surface area contributed by atoms with Crippen molar-refractivity contribution < 1.29 is 9.90 Å². The highest BCUT2D eigenvalue weighted by Gasteiger charge is 2.06. The van der Waals surface area contributed by atoms with Crippen LogP contribution in [0.1, 0.15) is 11.1 Å². The Labute approximate surface area is 182 Å². The van der Waals surface area contributed by atoms with E-state index in [4.69, 9.17) is 28.3 Å². The summed E-state index contributed by atoms with van der Waals surface area (Å²) in [5, 5.41) is 14.9. The van der Waals surface area contributed by atoms with E-state index in [2.05, 4.69) is 26.7 Å². The summed E-state index contributed by atoms with van der Waals surface area (Å²) in [6.45, 7) is 0. The lowest BCUT2D eigenvalue weighted by molar-refractivity contribution is 0.210. The second kappa shape index (κ2) is 10.3. The predicted molar refractivity (Wildman–Crippen MR) is 120 cm³/mol. The molecule has 0 saturated carbocycles. The van der Waals surface area contributed by atoms with E-state index < -0.39 is 6.09 Å². The van der Waals surface area contributed by atoms with Gasteiger partial charge in [-0.15, -0.1) is 0 Å². The first kappa shape index (κ1) is 21.2. The van der Waals surface area contributed by atoms with Crippen molar-refractivity contribution in [2.45, 2.75) is 12.2 Å². The lowest BCUT2D eigenvalue weighted by atomic mass is 10.1. The Morgan fingerprint density at radius 3 is 2.59 bits per heavy atom. The van der Waals surface area contributed by atoms with Crippen molar-refractivity contribution in [3.05, 3.63) is 76.2 Å². The Morgan fingerprint density at radius 2 is 1.79 bits per heavy atom. The number of benzene rings is 2. The molecule has 0 aliphatic carbocycles. The number of hydrogen-bond donors (Lipinski definition) is 3. The molecule has 0 spiro atoms. The first-order valence-electron chi connectivity index (χ1n) is 8.70. The molecule has 0 aliphatic rings. The molecule has 3 aromatic rings. The maximum Gasteiger partial charge on any atom is 0.409 e. The van der Waals surface area contributed by atoms with E-state index in [1.54, 1.807) is 17.8 Å². The number of carboxylic acid groups (broad SMARTS) is 1. The van der Waals surface area contributed by atoms with Crippen molar-refractivity contribution in [3.8, 4) is 0 Å². The zero-order valence-corrected chi connectivity index (χ0v) is 17.6. The third-order valence-electron chi connectivity index (χ3n) is 3.89. The Morgan fingerprint density at radius 1 is 1.07 bits per heavy atom. The summed E-state index contributed by atoms with van der Waals surface area (Å²) < 4.78 is 0. The first-order chi connectivity index (χ1) is 14.0. The summed E-state index contributed by atoms with van der Waals surface area (Å²) in [5.41, 5.74) is 3.71. The van der Waals surface area contributed by atoms with Gasteiger partial charge >= 0.3 is 6.09 Å². The van der Waals surface area contributed by atoms with Gasteiger partial charge in [-0.1, -0.05) is 35.9 Å². The van der Waals surface area contributed by atoms with Crippen molar-refractivity contribution in [2.24, 2.45) is 0 Å². The molecule has 3 N–H and O–H groups in total. The highest BCUT2D eigenvalue weighted by molar-refractivity contribution is 7.98. The first-order valence-corrected chi connectivity index (χ1v) is 10.6. The topological polar surface area (TPSA) is 87.1 Å². The van der Waals surface area contributed by atoms with Gasteiger partial charge in [0.15, 0.2) is 5.82 Å². The number of anilines is 3. The molecular weight excluding hydrogens is 431 g/mol. The summed E-state index contributed by atoms with van der Waals surface area (Å²) in [5.74, 6) is 2.23. The number of aryl methyl sites for hydroxylation is 1. The predicted octanol–water partition coefficient (Wildman–Crippen LogP) is 6.09. The van der Waals surface area contributed by atoms with Crippen molar-refractivity contribution in [2.75, 3.05) is 16.4 Å². The number of amides is 1. The van der Waals surface area contributed by atoms with E-state index in [1.807, 2.05) is 36.4 Å². The van der Waals surface area contributed by atoms with Crippen LogP contribution in [0.5, 0.6) is 0 Å². The molecule has 0 aliphatic heterocycles. The minimum absolute atomic E-state index is 0.131. The number of hydrogen-bond acceptors (Lipinski definition) is 5. The molecule has 150 valence electrons. The van der Waals surface area contributed by atoms with Gasteiger partial charge in [-0.05, 0) is 59.2 Å². The monoisotopic (exact) mass is 448 g/mol. The number of aromatic nitrogens is 2. The van der Waals surface area contributed by atoms with Crippen LogP contribution >= 0.6 is 35.0 Å². The number of rotatable bonds is 8. The molecule has 0 bridgehead atoms. The van der Waals surface area contributed by atoms with Gasteiger partial charge in [0, 0.05) is 17.1 Å². The molecule has 0 fully saturated rings. The fourth-order valence-corrected chi connectivity index (χ4v) is 3.83. The van der Waals surface area contributed by atoms with E-state index >= 15 is 0 Å². The molecule has 0 radical (unpaired) electrons. The minimum Gasteiger partial charge on any atom is -0.465 e. The van der Waals surface area contributed by atoms with Crippen LogP contribution in [0.3, 0.4) is 0 Å². The lowest BCUT2D eigenvalue weighted by Crippen LogP contribution is -2.07. The summed E-state index contributed by atoms with van der Waals surface area (Å²) in [6.07, 6.45) is 1.25. The Bertz CT molecular complexity index is 1000. The molecule has 1 aromatic heterocycles. The van der Waals surface area contributed by atoms with E-state index in [1.165, 1.54) is 6.20 Å². The quantitative estimate of drug-likeness (QED) is 0.285. The van der Waals surface area contributed by atoms with Gasteiger partial charge in [-0.25, -0.2) is 9.78 Å². The zero-order valence-electron chi connectivity index (χ0n) is 15.2. The van der Waals surface area contributed by atoms with E-state index in [-0.39, 0.29) is 5.28 Å². The standard InChI is InChI=1S/C20H18Cl2N4O2S/c21-17-11-23-19(22)26-18(17)24-15-5-2-4-14(10-15)12-29-8-7-13-3-1-6-16(9-13)25-20(27)28/h1-6,9-11,25H,7-8,12H2,(H,27,28)(H,23,24,26).